The topological polar surface area (TPSA) is 86.6 Å². The van der Waals surface area contributed by atoms with Crippen LogP contribution >= 0.6 is 0 Å². The van der Waals surface area contributed by atoms with E-state index >= 15 is 0 Å². The summed E-state index contributed by atoms with van der Waals surface area (Å²) >= 11 is 0. The van der Waals surface area contributed by atoms with Gasteiger partial charge in [-0.3, -0.25) is 0 Å². The zero-order chi connectivity index (χ0) is 17.8. The number of rotatable bonds is 5. The van der Waals surface area contributed by atoms with Gasteiger partial charge >= 0.3 is 12.1 Å². The molecule has 0 radical (unpaired) electrons. The molecule has 5 unspecified atom stereocenters. The van der Waals surface area contributed by atoms with Crippen molar-refractivity contribution >= 4 is 10.0 Å². The number of halogens is 5. The fraction of sp³-hybridized carbons (Fsp3) is 0.833. The van der Waals surface area contributed by atoms with E-state index < -0.39 is 45.8 Å². The van der Waals surface area contributed by atoms with Crippen LogP contribution in [-0.4, -0.2) is 48.8 Å². The van der Waals surface area contributed by atoms with Crippen LogP contribution in [0, 0.1) is 17.8 Å². The minimum Gasteiger partial charge on any atom is -0.386 e. The Morgan fingerprint density at radius 2 is 1.74 bits per heavy atom. The van der Waals surface area contributed by atoms with Crippen LogP contribution in [0.15, 0.2) is 12.2 Å². The van der Waals surface area contributed by atoms with E-state index in [1.807, 2.05) is 0 Å². The first-order chi connectivity index (χ1) is 10.2. The fourth-order valence-electron chi connectivity index (χ4n) is 3.25. The number of nitrogens with one attached hydrogen (secondary N) is 1. The van der Waals surface area contributed by atoms with Crippen LogP contribution in [0.4, 0.5) is 22.0 Å². The van der Waals surface area contributed by atoms with Crippen molar-refractivity contribution in [2.45, 2.75) is 36.8 Å². The lowest BCUT2D eigenvalue weighted by Gasteiger charge is -2.41. The Balaban J connectivity index is 2.38. The molecule has 5 atom stereocenters. The molecule has 0 aromatic rings. The predicted octanol–water partition coefficient (Wildman–Crippen LogP) is 0.995. The third-order valence-electron chi connectivity index (χ3n) is 4.33. The zero-order valence-electron chi connectivity index (χ0n) is 11.9. The van der Waals surface area contributed by atoms with Crippen molar-refractivity contribution in [1.82, 2.24) is 4.72 Å². The maximum absolute atomic E-state index is 14.3. The molecule has 0 amide bonds. The van der Waals surface area contributed by atoms with Gasteiger partial charge in [-0.25, -0.2) is 8.42 Å². The summed E-state index contributed by atoms with van der Waals surface area (Å²) in [6.45, 7) is 0. The molecule has 0 aromatic carbocycles. The van der Waals surface area contributed by atoms with Crippen LogP contribution in [0.5, 0.6) is 0 Å². The molecule has 2 aliphatic rings. The van der Waals surface area contributed by atoms with Crippen LogP contribution in [0.1, 0.15) is 12.8 Å². The van der Waals surface area contributed by atoms with Crippen molar-refractivity contribution in [2.75, 3.05) is 6.26 Å². The van der Waals surface area contributed by atoms with Gasteiger partial charge in [0.15, 0.2) is 0 Å². The van der Waals surface area contributed by atoms with E-state index in [4.69, 9.17) is 0 Å². The second kappa shape index (κ2) is 5.36. The van der Waals surface area contributed by atoms with Crippen molar-refractivity contribution in [1.29, 1.82) is 0 Å². The first-order valence-electron chi connectivity index (χ1n) is 6.71. The molecule has 1 saturated carbocycles. The van der Waals surface area contributed by atoms with Crippen LogP contribution in [0.3, 0.4) is 0 Å². The maximum atomic E-state index is 14.3. The molecule has 0 heterocycles. The van der Waals surface area contributed by atoms with Gasteiger partial charge in [-0.2, -0.15) is 26.7 Å². The van der Waals surface area contributed by atoms with Crippen molar-refractivity contribution in [3.8, 4) is 0 Å². The Labute approximate surface area is 129 Å². The summed E-state index contributed by atoms with van der Waals surface area (Å²) in [4.78, 5) is 0. The zero-order valence-corrected chi connectivity index (χ0v) is 12.7. The first kappa shape index (κ1) is 18.6. The number of aliphatic hydroxyl groups excluding tert-OH is 1. The predicted molar refractivity (Wildman–Crippen MR) is 68.8 cm³/mol. The van der Waals surface area contributed by atoms with E-state index in [0.717, 1.165) is 0 Å². The third kappa shape index (κ3) is 3.11. The monoisotopic (exact) mass is 365 g/mol. The summed E-state index contributed by atoms with van der Waals surface area (Å²) in [5, 5.41) is 19.3. The van der Waals surface area contributed by atoms with Crippen molar-refractivity contribution in [3.63, 3.8) is 0 Å². The Morgan fingerprint density at radius 3 is 2.09 bits per heavy atom. The minimum absolute atomic E-state index is 0.0464. The molecular weight excluding hydrogens is 349 g/mol. The number of fused-ring (bicyclic) bond motifs is 2. The van der Waals surface area contributed by atoms with Crippen molar-refractivity contribution in [3.05, 3.63) is 12.2 Å². The molecule has 11 heteroatoms. The fourth-order valence-corrected chi connectivity index (χ4v) is 4.04. The molecule has 23 heavy (non-hydrogen) atoms. The lowest BCUT2D eigenvalue weighted by atomic mass is 9.82. The number of sulfonamides is 1. The number of hydrogen-bond acceptors (Lipinski definition) is 4. The highest BCUT2D eigenvalue weighted by Gasteiger charge is 2.74. The van der Waals surface area contributed by atoms with E-state index in [1.165, 1.54) is 6.08 Å². The molecule has 2 bridgehead atoms. The van der Waals surface area contributed by atoms with Gasteiger partial charge in [0.25, 0.3) is 5.72 Å². The molecule has 5 nitrogen and oxygen atoms in total. The quantitative estimate of drug-likeness (QED) is 0.385. The summed E-state index contributed by atoms with van der Waals surface area (Å²) in [5.41, 5.74) is -5.10. The SMILES string of the molecule is CS(=O)(=O)NC(O)(C(F)(F)F)C(F)(F)C(O)C1CC2C=CC1C2. The van der Waals surface area contributed by atoms with Crippen LogP contribution < -0.4 is 4.72 Å². The molecule has 3 N–H and O–H groups in total. The van der Waals surface area contributed by atoms with Crippen LogP contribution in [0.25, 0.3) is 0 Å². The summed E-state index contributed by atoms with van der Waals surface area (Å²) in [7, 11) is -4.84. The molecule has 2 aliphatic carbocycles. The number of hydrogen-bond donors (Lipinski definition) is 3. The molecule has 1 fully saturated rings. The van der Waals surface area contributed by atoms with E-state index in [1.54, 1.807) is 6.08 Å². The minimum atomic E-state index is -6.03. The summed E-state index contributed by atoms with van der Waals surface area (Å²) in [5.74, 6) is -7.01. The third-order valence-corrected chi connectivity index (χ3v) is 5.00. The van der Waals surface area contributed by atoms with Gasteiger partial charge in [0, 0.05) is 0 Å². The Hall–Kier alpha value is -0.780. The van der Waals surface area contributed by atoms with Gasteiger partial charge in [0.2, 0.25) is 10.0 Å². The van der Waals surface area contributed by atoms with Crippen LogP contribution in [-0.2, 0) is 10.0 Å². The molecule has 2 rings (SSSR count). The lowest BCUT2D eigenvalue weighted by molar-refractivity contribution is -0.358. The first-order valence-corrected chi connectivity index (χ1v) is 8.60. The number of aliphatic hydroxyl groups is 2. The number of allylic oxidation sites excluding steroid dienone is 2. The highest BCUT2D eigenvalue weighted by molar-refractivity contribution is 7.88. The summed E-state index contributed by atoms with van der Waals surface area (Å²) < 4.78 is 90.1. The van der Waals surface area contributed by atoms with Gasteiger partial charge in [0.05, 0.1) is 6.26 Å². The smallest absolute Gasteiger partial charge is 0.386 e. The van der Waals surface area contributed by atoms with Crippen molar-refractivity contribution < 1.29 is 40.6 Å². The lowest BCUT2D eigenvalue weighted by Crippen LogP contribution is -2.72. The van der Waals surface area contributed by atoms with E-state index in [-0.39, 0.29) is 18.6 Å². The molecule has 0 saturated heterocycles. The molecular formula is C12H16F5NO4S. The molecule has 0 aromatic heterocycles. The normalized spacial score (nSPS) is 32.1. The average Bonchev–Trinajstić information content (AvgIpc) is 2.96. The standard InChI is InChI=1S/C12H16F5NO4S/c1-23(21,22)18-11(20,12(15,16)17)10(13,14)9(19)8-5-6-2-3-7(8)4-6/h2-3,6-9,18-20H,4-5H2,1H3. The maximum Gasteiger partial charge on any atom is 0.438 e. The Morgan fingerprint density at radius 1 is 1.17 bits per heavy atom. The Kier molecular flexibility index (Phi) is 4.33. The number of alkyl halides is 5. The van der Waals surface area contributed by atoms with Gasteiger partial charge in [-0.15, -0.1) is 0 Å². The Bertz CT molecular complexity index is 605. The van der Waals surface area contributed by atoms with Gasteiger partial charge < -0.3 is 10.2 Å². The van der Waals surface area contributed by atoms with Gasteiger partial charge in [0.1, 0.15) is 6.10 Å². The highest BCUT2D eigenvalue weighted by Crippen LogP contribution is 2.51. The second-order valence-corrected chi connectivity index (χ2v) is 7.84. The van der Waals surface area contributed by atoms with Crippen LogP contribution in [0.2, 0.25) is 0 Å². The second-order valence-electron chi connectivity index (χ2n) is 6.09. The molecule has 0 spiro atoms. The van der Waals surface area contributed by atoms with Gasteiger partial charge in [-0.1, -0.05) is 12.2 Å². The molecule has 134 valence electrons. The van der Waals surface area contributed by atoms with Crippen molar-refractivity contribution in [2.24, 2.45) is 17.8 Å². The van der Waals surface area contributed by atoms with E-state index in [2.05, 4.69) is 0 Å². The summed E-state index contributed by atoms with van der Waals surface area (Å²) in [6, 6.07) is 0. The highest BCUT2D eigenvalue weighted by atomic mass is 32.2. The van der Waals surface area contributed by atoms with E-state index in [9.17, 15) is 40.6 Å². The molecule has 0 aliphatic heterocycles. The van der Waals surface area contributed by atoms with Gasteiger partial charge in [-0.05, 0) is 30.6 Å². The summed E-state index contributed by atoms with van der Waals surface area (Å²) in [6.07, 6.45) is -4.94. The average molecular weight is 365 g/mol. The largest absolute Gasteiger partial charge is 0.438 e. The van der Waals surface area contributed by atoms with E-state index in [0.29, 0.717) is 11.1 Å².